The van der Waals surface area contributed by atoms with Gasteiger partial charge < -0.3 is 4.74 Å². The Bertz CT molecular complexity index is 312. The fourth-order valence-electron chi connectivity index (χ4n) is 2.42. The Hall–Kier alpha value is -1.05. The standard InChI is InChI=1S/C12H16O2/c1-4-9-6-10-11(14-9)5-8(13)7-12(10,2)3/h4-5,9-10H,1,6-7H2,2-3H3/t9-,10+/m0/s1. The van der Waals surface area contributed by atoms with Crippen molar-refractivity contribution in [3.05, 3.63) is 24.5 Å². The maximum atomic E-state index is 11.4. The molecule has 0 saturated carbocycles. The maximum Gasteiger partial charge on any atom is 0.159 e. The van der Waals surface area contributed by atoms with Crippen LogP contribution in [0.1, 0.15) is 26.7 Å². The van der Waals surface area contributed by atoms with Crippen molar-refractivity contribution in [2.75, 3.05) is 0 Å². The van der Waals surface area contributed by atoms with E-state index >= 15 is 0 Å². The van der Waals surface area contributed by atoms with Crippen molar-refractivity contribution in [2.45, 2.75) is 32.8 Å². The largest absolute Gasteiger partial charge is 0.490 e. The molecule has 2 atom stereocenters. The van der Waals surface area contributed by atoms with Crippen LogP contribution < -0.4 is 0 Å². The van der Waals surface area contributed by atoms with Gasteiger partial charge in [-0.1, -0.05) is 26.5 Å². The van der Waals surface area contributed by atoms with Crippen molar-refractivity contribution in [1.82, 2.24) is 0 Å². The third kappa shape index (κ3) is 1.39. The van der Waals surface area contributed by atoms with Gasteiger partial charge in [0.15, 0.2) is 5.78 Å². The van der Waals surface area contributed by atoms with Gasteiger partial charge in [0.1, 0.15) is 11.9 Å². The molecule has 0 N–H and O–H groups in total. The highest BCUT2D eigenvalue weighted by Gasteiger charge is 2.44. The highest BCUT2D eigenvalue weighted by molar-refractivity contribution is 5.91. The molecule has 1 aliphatic heterocycles. The number of rotatable bonds is 1. The van der Waals surface area contributed by atoms with Crippen molar-refractivity contribution in [3.63, 3.8) is 0 Å². The maximum absolute atomic E-state index is 11.4. The molecule has 2 nitrogen and oxygen atoms in total. The number of fused-ring (bicyclic) bond motifs is 1. The van der Waals surface area contributed by atoms with E-state index in [2.05, 4.69) is 20.4 Å². The van der Waals surface area contributed by atoms with Gasteiger partial charge in [0.25, 0.3) is 0 Å². The molecule has 1 aliphatic carbocycles. The minimum absolute atomic E-state index is 0.0406. The van der Waals surface area contributed by atoms with Crippen LogP contribution in [-0.2, 0) is 9.53 Å². The lowest BCUT2D eigenvalue weighted by atomic mass is 9.70. The zero-order valence-corrected chi connectivity index (χ0v) is 8.75. The molecule has 0 aromatic rings. The second-order valence-corrected chi connectivity index (χ2v) is 4.86. The van der Waals surface area contributed by atoms with Crippen LogP contribution in [0, 0.1) is 11.3 Å². The molecule has 0 amide bonds. The van der Waals surface area contributed by atoms with Crippen molar-refractivity contribution in [1.29, 1.82) is 0 Å². The summed E-state index contributed by atoms with van der Waals surface area (Å²) in [6.45, 7) is 8.00. The van der Waals surface area contributed by atoms with E-state index in [1.807, 2.05) is 6.08 Å². The Morgan fingerprint density at radius 1 is 1.64 bits per heavy atom. The van der Waals surface area contributed by atoms with Crippen molar-refractivity contribution < 1.29 is 9.53 Å². The predicted molar refractivity (Wildman–Crippen MR) is 54.7 cm³/mol. The van der Waals surface area contributed by atoms with Crippen LogP contribution in [0.3, 0.4) is 0 Å². The van der Waals surface area contributed by atoms with Crippen LogP contribution >= 0.6 is 0 Å². The van der Waals surface area contributed by atoms with E-state index in [9.17, 15) is 4.79 Å². The molecule has 1 saturated heterocycles. The fraction of sp³-hybridized carbons (Fsp3) is 0.583. The minimum Gasteiger partial charge on any atom is -0.490 e. The molecular weight excluding hydrogens is 176 g/mol. The summed E-state index contributed by atoms with van der Waals surface area (Å²) in [7, 11) is 0. The van der Waals surface area contributed by atoms with E-state index < -0.39 is 0 Å². The van der Waals surface area contributed by atoms with Gasteiger partial charge in [0, 0.05) is 18.4 Å². The summed E-state index contributed by atoms with van der Waals surface area (Å²) in [6.07, 6.45) is 5.18. The number of ketones is 1. The molecule has 2 aliphatic rings. The second kappa shape index (κ2) is 2.97. The predicted octanol–water partition coefficient (Wildman–Crippen LogP) is 2.46. The van der Waals surface area contributed by atoms with Gasteiger partial charge in [-0.25, -0.2) is 0 Å². The van der Waals surface area contributed by atoms with Gasteiger partial charge in [-0.05, 0) is 11.8 Å². The first-order valence-electron chi connectivity index (χ1n) is 5.06. The van der Waals surface area contributed by atoms with Crippen LogP contribution in [-0.4, -0.2) is 11.9 Å². The minimum atomic E-state index is 0.0406. The smallest absolute Gasteiger partial charge is 0.159 e. The number of hydrogen-bond acceptors (Lipinski definition) is 2. The summed E-state index contributed by atoms with van der Waals surface area (Å²) in [5, 5.41) is 0. The van der Waals surface area contributed by atoms with Gasteiger partial charge in [-0.2, -0.15) is 0 Å². The third-order valence-electron chi connectivity index (χ3n) is 3.24. The molecule has 0 aromatic carbocycles. The lowest BCUT2D eigenvalue weighted by Crippen LogP contribution is -2.30. The lowest BCUT2D eigenvalue weighted by molar-refractivity contribution is -0.118. The van der Waals surface area contributed by atoms with E-state index in [1.54, 1.807) is 6.08 Å². The van der Waals surface area contributed by atoms with Crippen LogP contribution in [0.4, 0.5) is 0 Å². The Labute approximate surface area is 84.6 Å². The summed E-state index contributed by atoms with van der Waals surface area (Å²) in [4.78, 5) is 11.4. The number of hydrogen-bond donors (Lipinski definition) is 0. The Morgan fingerprint density at radius 2 is 2.36 bits per heavy atom. The number of ether oxygens (including phenoxy) is 1. The monoisotopic (exact) mass is 192 g/mol. The average Bonchev–Trinajstić information content (AvgIpc) is 2.46. The van der Waals surface area contributed by atoms with Crippen LogP contribution in [0.2, 0.25) is 0 Å². The van der Waals surface area contributed by atoms with Gasteiger partial charge >= 0.3 is 0 Å². The molecule has 1 fully saturated rings. The Morgan fingerprint density at radius 3 is 3.00 bits per heavy atom. The van der Waals surface area contributed by atoms with Crippen LogP contribution in [0.25, 0.3) is 0 Å². The fourth-order valence-corrected chi connectivity index (χ4v) is 2.42. The van der Waals surface area contributed by atoms with E-state index in [1.165, 1.54) is 0 Å². The second-order valence-electron chi connectivity index (χ2n) is 4.86. The molecule has 0 unspecified atom stereocenters. The topological polar surface area (TPSA) is 26.3 Å². The van der Waals surface area contributed by atoms with E-state index in [0.29, 0.717) is 12.3 Å². The molecule has 1 heterocycles. The summed E-state index contributed by atoms with van der Waals surface area (Å²) < 4.78 is 5.64. The molecule has 0 bridgehead atoms. The van der Waals surface area contributed by atoms with Crippen molar-refractivity contribution in [2.24, 2.45) is 11.3 Å². The molecule has 2 heteroatoms. The Kier molecular flexibility index (Phi) is 2.02. The molecular formula is C12H16O2. The third-order valence-corrected chi connectivity index (χ3v) is 3.24. The lowest BCUT2D eigenvalue weighted by Gasteiger charge is -2.32. The summed E-state index contributed by atoms with van der Waals surface area (Å²) in [6, 6.07) is 0. The van der Waals surface area contributed by atoms with Gasteiger partial charge in [0.2, 0.25) is 0 Å². The molecule has 14 heavy (non-hydrogen) atoms. The number of carbonyl (C=O) groups excluding carboxylic acids is 1. The normalized spacial score (nSPS) is 34.4. The zero-order valence-electron chi connectivity index (χ0n) is 8.75. The van der Waals surface area contributed by atoms with Crippen LogP contribution in [0.5, 0.6) is 0 Å². The summed E-state index contributed by atoms with van der Waals surface area (Å²) in [5.74, 6) is 1.45. The van der Waals surface area contributed by atoms with Crippen molar-refractivity contribution in [3.8, 4) is 0 Å². The zero-order chi connectivity index (χ0) is 10.3. The molecule has 0 aromatic heterocycles. The first-order chi connectivity index (χ1) is 6.53. The first kappa shape index (κ1) is 9.50. The highest BCUT2D eigenvalue weighted by atomic mass is 16.5. The molecule has 0 spiro atoms. The average molecular weight is 192 g/mol. The highest BCUT2D eigenvalue weighted by Crippen LogP contribution is 2.47. The van der Waals surface area contributed by atoms with E-state index in [4.69, 9.17) is 4.74 Å². The molecule has 2 rings (SSSR count). The Balaban J connectivity index is 2.31. The SMILES string of the molecule is C=C[C@H]1C[C@@H]2C(=CC(=O)CC2(C)C)O1. The van der Waals surface area contributed by atoms with Gasteiger partial charge in [-0.15, -0.1) is 0 Å². The molecule has 76 valence electrons. The summed E-state index contributed by atoms with van der Waals surface area (Å²) in [5.41, 5.74) is 0.0406. The number of allylic oxidation sites excluding steroid dienone is 2. The van der Waals surface area contributed by atoms with Crippen molar-refractivity contribution >= 4 is 5.78 Å². The van der Waals surface area contributed by atoms with Gasteiger partial charge in [-0.3, -0.25) is 4.79 Å². The quantitative estimate of drug-likeness (QED) is 0.596. The van der Waals surface area contributed by atoms with Crippen LogP contribution in [0.15, 0.2) is 24.5 Å². The van der Waals surface area contributed by atoms with Gasteiger partial charge in [0.05, 0.1) is 0 Å². The first-order valence-corrected chi connectivity index (χ1v) is 5.06. The number of carbonyl (C=O) groups is 1. The summed E-state index contributed by atoms with van der Waals surface area (Å²) >= 11 is 0. The van der Waals surface area contributed by atoms with E-state index in [-0.39, 0.29) is 17.3 Å². The molecule has 0 radical (unpaired) electrons. The van der Waals surface area contributed by atoms with E-state index in [0.717, 1.165) is 12.2 Å².